The number of carbonyl (C=O) groups excluding carboxylic acids is 1. The van der Waals surface area contributed by atoms with Crippen LogP contribution in [0.25, 0.3) is 10.9 Å². The zero-order chi connectivity index (χ0) is 20.4. The molecule has 2 heterocycles. The molecule has 5 heteroatoms. The van der Waals surface area contributed by atoms with Gasteiger partial charge in [0.05, 0.1) is 5.52 Å². The third kappa shape index (κ3) is 4.81. The summed E-state index contributed by atoms with van der Waals surface area (Å²) < 4.78 is 1.57. The number of piperazine rings is 1. The van der Waals surface area contributed by atoms with Crippen LogP contribution in [-0.4, -0.2) is 65.2 Å². The second-order valence-corrected chi connectivity index (χ2v) is 23.4. The number of benzene rings is 2. The van der Waals surface area contributed by atoms with Crippen molar-refractivity contribution in [2.45, 2.75) is 21.4 Å². The molecule has 0 bridgehead atoms. The molecule has 3 aromatic rings. The molecule has 1 amide bonds. The van der Waals surface area contributed by atoms with Gasteiger partial charge in [-0.3, -0.25) is 4.98 Å². The summed E-state index contributed by atoms with van der Waals surface area (Å²) in [4.78, 5) is 29.1. The first-order chi connectivity index (χ1) is 13.9. The van der Waals surface area contributed by atoms with E-state index in [1.54, 1.807) is 9.78 Å². The van der Waals surface area contributed by atoms with Gasteiger partial charge in [0.2, 0.25) is 0 Å². The van der Waals surface area contributed by atoms with Crippen molar-refractivity contribution in [3.05, 3.63) is 71.9 Å². The molecule has 1 fully saturated rings. The van der Waals surface area contributed by atoms with Gasteiger partial charge >= 0.3 is 138 Å². The average molecular weight is 494 g/mol. The predicted octanol–water partition coefficient (Wildman–Crippen LogP) is 3.74. The third-order valence-electron chi connectivity index (χ3n) is 5.72. The van der Waals surface area contributed by atoms with Crippen molar-refractivity contribution in [1.82, 2.24) is 14.8 Å². The molecule has 1 aliphatic rings. The first kappa shape index (κ1) is 20.4. The quantitative estimate of drug-likeness (QED) is 0.519. The maximum absolute atomic E-state index is 12.9. The van der Waals surface area contributed by atoms with E-state index in [9.17, 15) is 4.79 Å². The number of hydrogen-bond donors (Lipinski definition) is 0. The van der Waals surface area contributed by atoms with Crippen LogP contribution in [-0.2, 0) is 6.54 Å². The monoisotopic (exact) mass is 495 g/mol. The fourth-order valence-electron chi connectivity index (χ4n) is 3.85. The van der Waals surface area contributed by atoms with Crippen LogP contribution in [0.5, 0.6) is 0 Å². The van der Waals surface area contributed by atoms with Crippen molar-refractivity contribution in [3.63, 3.8) is 0 Å². The van der Waals surface area contributed by atoms with Crippen LogP contribution in [0.2, 0.25) is 14.8 Å². The normalized spacial score (nSPS) is 15.6. The van der Waals surface area contributed by atoms with Gasteiger partial charge in [-0.1, -0.05) is 18.2 Å². The SMILES string of the molecule is [CH3][Sn]([CH3])([CH3])[c]1ccc(CN2CCN(C(=O)c3cnc4ccccc4c3)CC2)cc1. The molecule has 0 aliphatic carbocycles. The fraction of sp³-hybridized carbons (Fsp3) is 0.333. The summed E-state index contributed by atoms with van der Waals surface area (Å²) in [7, 11) is 0. The van der Waals surface area contributed by atoms with Gasteiger partial charge in [0.1, 0.15) is 0 Å². The Bertz CT molecular complexity index is 1000. The van der Waals surface area contributed by atoms with Crippen LogP contribution >= 0.6 is 0 Å². The molecule has 0 unspecified atom stereocenters. The molecule has 150 valence electrons. The summed E-state index contributed by atoms with van der Waals surface area (Å²) in [5.74, 6) is 0.0879. The molecule has 4 nitrogen and oxygen atoms in total. The van der Waals surface area contributed by atoms with E-state index in [1.165, 1.54) is 5.56 Å². The van der Waals surface area contributed by atoms with Gasteiger partial charge in [-0.05, 0) is 6.07 Å². The van der Waals surface area contributed by atoms with Gasteiger partial charge in [0.15, 0.2) is 0 Å². The van der Waals surface area contributed by atoms with E-state index in [2.05, 4.69) is 49.0 Å². The molecule has 0 spiro atoms. The standard InChI is InChI=1S/C21H20N3O.3CH3.Sn/c25-21(19-14-18-8-4-5-9-20(18)22-15-19)24-12-10-23(11-13-24)16-17-6-2-1-3-7-17;;;;/h2-9,14-15H,10-13,16H2;3*1H3;. The van der Waals surface area contributed by atoms with Gasteiger partial charge in [0, 0.05) is 5.39 Å². The number of para-hydroxylation sites is 1. The Kier molecular flexibility index (Phi) is 5.93. The van der Waals surface area contributed by atoms with Crippen molar-refractivity contribution in [3.8, 4) is 0 Å². The number of aromatic nitrogens is 1. The van der Waals surface area contributed by atoms with E-state index in [0.29, 0.717) is 5.56 Å². The molecule has 1 aliphatic heterocycles. The van der Waals surface area contributed by atoms with Crippen LogP contribution in [0.15, 0.2) is 60.8 Å². The van der Waals surface area contributed by atoms with E-state index in [0.717, 1.165) is 43.6 Å². The molecule has 0 saturated carbocycles. The van der Waals surface area contributed by atoms with E-state index in [-0.39, 0.29) is 5.91 Å². The molecule has 0 radical (unpaired) electrons. The minimum atomic E-state index is -1.97. The van der Waals surface area contributed by atoms with Crippen LogP contribution in [0.1, 0.15) is 15.9 Å². The molecular formula is C24H29N3OSn. The summed E-state index contributed by atoms with van der Waals surface area (Å²) in [5.41, 5.74) is 2.97. The number of fused-ring (bicyclic) bond motifs is 1. The summed E-state index contributed by atoms with van der Waals surface area (Å²) in [5, 5.41) is 1.01. The van der Waals surface area contributed by atoms with Gasteiger partial charge in [-0.25, -0.2) is 0 Å². The zero-order valence-corrected chi connectivity index (χ0v) is 20.4. The summed E-state index contributed by atoms with van der Waals surface area (Å²) >= 11 is -1.97. The second-order valence-electron chi connectivity index (χ2n) is 8.93. The Hall–Kier alpha value is -1.92. The molecule has 29 heavy (non-hydrogen) atoms. The van der Waals surface area contributed by atoms with Crippen LogP contribution in [0.3, 0.4) is 0 Å². The molecule has 1 aromatic heterocycles. The van der Waals surface area contributed by atoms with Crippen LogP contribution in [0, 0.1) is 0 Å². The van der Waals surface area contributed by atoms with Gasteiger partial charge in [0.25, 0.3) is 0 Å². The Morgan fingerprint density at radius 1 is 0.966 bits per heavy atom. The van der Waals surface area contributed by atoms with Crippen LogP contribution < -0.4 is 3.58 Å². The zero-order valence-electron chi connectivity index (χ0n) is 17.6. The number of rotatable bonds is 4. The van der Waals surface area contributed by atoms with Gasteiger partial charge < -0.3 is 0 Å². The van der Waals surface area contributed by atoms with Crippen molar-refractivity contribution in [2.75, 3.05) is 26.2 Å². The number of amides is 1. The Labute approximate surface area is 177 Å². The fourth-order valence-corrected chi connectivity index (χ4v) is 7.18. The topological polar surface area (TPSA) is 36.4 Å². The van der Waals surface area contributed by atoms with E-state index in [1.807, 2.05) is 35.2 Å². The molecule has 1 saturated heterocycles. The Morgan fingerprint density at radius 3 is 2.34 bits per heavy atom. The molecular weight excluding hydrogens is 465 g/mol. The Morgan fingerprint density at radius 2 is 1.66 bits per heavy atom. The van der Waals surface area contributed by atoms with Crippen molar-refractivity contribution < 1.29 is 4.79 Å². The van der Waals surface area contributed by atoms with Crippen molar-refractivity contribution in [1.29, 1.82) is 0 Å². The first-order valence-electron chi connectivity index (χ1n) is 10.4. The van der Waals surface area contributed by atoms with E-state index in [4.69, 9.17) is 0 Å². The van der Waals surface area contributed by atoms with Crippen molar-refractivity contribution in [2.24, 2.45) is 0 Å². The second kappa shape index (κ2) is 8.44. The number of nitrogens with zero attached hydrogens (tertiary/aromatic N) is 3. The minimum absolute atomic E-state index is 0.0879. The maximum atomic E-state index is 12.9. The predicted molar refractivity (Wildman–Crippen MR) is 122 cm³/mol. The van der Waals surface area contributed by atoms with Gasteiger partial charge in [-0.15, -0.1) is 0 Å². The molecule has 0 atom stereocenters. The third-order valence-corrected chi connectivity index (χ3v) is 11.6. The summed E-state index contributed by atoms with van der Waals surface area (Å²) in [6, 6.07) is 19.1. The van der Waals surface area contributed by atoms with Crippen molar-refractivity contribution >= 4 is 38.8 Å². The summed E-state index contributed by atoms with van der Waals surface area (Å²) in [6.45, 7) is 4.31. The number of pyridine rings is 1. The number of carbonyl (C=O) groups is 1. The molecule has 2 aromatic carbocycles. The average Bonchev–Trinajstić information content (AvgIpc) is 2.73. The summed E-state index contributed by atoms with van der Waals surface area (Å²) in [6.07, 6.45) is 1.71. The molecule has 4 rings (SSSR count). The van der Waals surface area contributed by atoms with Crippen LogP contribution in [0.4, 0.5) is 0 Å². The Balaban J connectivity index is 1.35. The first-order valence-corrected chi connectivity index (χ1v) is 20.3. The van der Waals surface area contributed by atoms with E-state index < -0.39 is 18.4 Å². The van der Waals surface area contributed by atoms with Gasteiger partial charge in [-0.2, -0.15) is 0 Å². The molecule has 0 N–H and O–H groups in total. The van der Waals surface area contributed by atoms with E-state index >= 15 is 0 Å². The number of hydrogen-bond acceptors (Lipinski definition) is 3.